The lowest BCUT2D eigenvalue weighted by atomic mass is 9.99. The molecule has 5 heteroatoms. The van der Waals surface area contributed by atoms with Crippen molar-refractivity contribution < 1.29 is 13.2 Å². The van der Waals surface area contributed by atoms with E-state index in [2.05, 4.69) is 12.1 Å². The largest absolute Gasteiger partial charge is 0.416 e. The molecule has 0 fully saturated rings. The van der Waals surface area contributed by atoms with E-state index >= 15 is 0 Å². The van der Waals surface area contributed by atoms with Crippen LogP contribution in [0.3, 0.4) is 0 Å². The number of rotatable bonds is 3. The van der Waals surface area contributed by atoms with Crippen LogP contribution in [0.2, 0.25) is 0 Å². The molecule has 0 aliphatic heterocycles. The molecule has 0 atom stereocenters. The zero-order valence-electron chi connectivity index (χ0n) is 15.4. The van der Waals surface area contributed by atoms with E-state index in [1.54, 1.807) is 0 Å². The molecule has 2 aromatic rings. The summed E-state index contributed by atoms with van der Waals surface area (Å²) in [6.45, 7) is 1.96. The standard InChI is InChI=1S/C22H19F3N2/c1-14-18(10-11-26)21-13-17(27(2)3)8-9-19(21)20(14)12-15-4-6-16(7-5-15)22(23,24)25/h4-9,12-13H,10H2,1-3H3. The van der Waals surface area contributed by atoms with Crippen molar-refractivity contribution in [2.45, 2.75) is 19.5 Å². The van der Waals surface area contributed by atoms with Gasteiger partial charge in [0.2, 0.25) is 0 Å². The molecule has 0 radical (unpaired) electrons. The predicted octanol–water partition coefficient (Wildman–Crippen LogP) is 6.01. The number of fused-ring (bicyclic) bond motifs is 1. The lowest BCUT2D eigenvalue weighted by molar-refractivity contribution is -0.137. The Morgan fingerprint density at radius 1 is 1.04 bits per heavy atom. The molecule has 0 amide bonds. The monoisotopic (exact) mass is 368 g/mol. The quantitative estimate of drug-likeness (QED) is 0.663. The van der Waals surface area contributed by atoms with Crippen molar-refractivity contribution in [1.29, 1.82) is 5.26 Å². The fourth-order valence-corrected chi connectivity index (χ4v) is 3.29. The zero-order valence-corrected chi connectivity index (χ0v) is 15.4. The normalized spacial score (nSPS) is 15.1. The average molecular weight is 368 g/mol. The van der Waals surface area contributed by atoms with E-state index in [-0.39, 0.29) is 0 Å². The van der Waals surface area contributed by atoms with Gasteiger partial charge in [0.15, 0.2) is 0 Å². The van der Waals surface area contributed by atoms with Crippen LogP contribution in [0.4, 0.5) is 18.9 Å². The van der Waals surface area contributed by atoms with E-state index in [0.717, 1.165) is 45.7 Å². The Morgan fingerprint density at radius 2 is 1.70 bits per heavy atom. The molecule has 2 aromatic carbocycles. The summed E-state index contributed by atoms with van der Waals surface area (Å²) in [6, 6.07) is 13.4. The van der Waals surface area contributed by atoms with E-state index in [1.165, 1.54) is 12.1 Å². The van der Waals surface area contributed by atoms with Crippen molar-refractivity contribution in [3.8, 4) is 6.07 Å². The Hall–Kier alpha value is -3.00. The second-order valence-electron chi connectivity index (χ2n) is 6.74. The van der Waals surface area contributed by atoms with Crippen molar-refractivity contribution in [2.24, 2.45) is 0 Å². The summed E-state index contributed by atoms with van der Waals surface area (Å²) >= 11 is 0. The number of nitriles is 1. The molecule has 0 aromatic heterocycles. The van der Waals surface area contributed by atoms with Gasteiger partial charge in [-0.2, -0.15) is 18.4 Å². The topological polar surface area (TPSA) is 27.0 Å². The maximum atomic E-state index is 12.8. The van der Waals surface area contributed by atoms with Crippen LogP contribution >= 0.6 is 0 Å². The SMILES string of the molecule is CC1=C(CC#N)c2cc(N(C)C)ccc2C1=Cc1ccc(C(F)(F)F)cc1. The highest BCUT2D eigenvalue weighted by Crippen LogP contribution is 2.44. The lowest BCUT2D eigenvalue weighted by Gasteiger charge is -2.14. The zero-order chi connectivity index (χ0) is 19.8. The first-order valence-electron chi connectivity index (χ1n) is 8.50. The first kappa shape index (κ1) is 18.8. The third-order valence-corrected chi connectivity index (χ3v) is 4.80. The molecule has 0 heterocycles. The fraction of sp³-hybridized carbons (Fsp3) is 0.227. The number of nitrogens with zero attached hydrogens (tertiary/aromatic N) is 2. The minimum absolute atomic E-state index is 0.292. The van der Waals surface area contributed by atoms with Gasteiger partial charge in [-0.3, -0.25) is 0 Å². The minimum Gasteiger partial charge on any atom is -0.378 e. The smallest absolute Gasteiger partial charge is 0.378 e. The van der Waals surface area contributed by atoms with Crippen molar-refractivity contribution in [3.63, 3.8) is 0 Å². The van der Waals surface area contributed by atoms with E-state index in [0.29, 0.717) is 12.0 Å². The third kappa shape index (κ3) is 3.61. The molecule has 138 valence electrons. The molecule has 27 heavy (non-hydrogen) atoms. The maximum absolute atomic E-state index is 12.8. The highest BCUT2D eigenvalue weighted by molar-refractivity contribution is 6.06. The number of halogens is 3. The van der Waals surface area contributed by atoms with Crippen LogP contribution in [0.1, 0.15) is 35.6 Å². The summed E-state index contributed by atoms with van der Waals surface area (Å²) in [5.41, 5.74) is 5.98. The number of anilines is 1. The second-order valence-corrected chi connectivity index (χ2v) is 6.74. The van der Waals surface area contributed by atoms with Crippen molar-refractivity contribution in [1.82, 2.24) is 0 Å². The van der Waals surface area contributed by atoms with E-state index < -0.39 is 11.7 Å². The Labute approximate surface area is 156 Å². The molecule has 2 nitrogen and oxygen atoms in total. The number of hydrogen-bond acceptors (Lipinski definition) is 2. The molecule has 0 unspecified atom stereocenters. The molecular weight excluding hydrogens is 349 g/mol. The first-order valence-corrected chi connectivity index (χ1v) is 8.50. The number of hydrogen-bond donors (Lipinski definition) is 0. The summed E-state index contributed by atoms with van der Waals surface area (Å²) < 4.78 is 38.3. The van der Waals surface area contributed by atoms with Gasteiger partial charge in [-0.1, -0.05) is 18.2 Å². The summed E-state index contributed by atoms with van der Waals surface area (Å²) in [4.78, 5) is 2.00. The average Bonchev–Trinajstić information content (AvgIpc) is 2.87. The summed E-state index contributed by atoms with van der Waals surface area (Å²) in [7, 11) is 3.91. The Bertz CT molecular complexity index is 972. The van der Waals surface area contributed by atoms with E-state index in [1.807, 2.05) is 44.1 Å². The van der Waals surface area contributed by atoms with Gasteiger partial charge in [0.25, 0.3) is 0 Å². The van der Waals surface area contributed by atoms with Crippen molar-refractivity contribution >= 4 is 22.9 Å². The van der Waals surface area contributed by atoms with Gasteiger partial charge >= 0.3 is 6.18 Å². The molecule has 1 aliphatic carbocycles. The molecular formula is C22H19F3N2. The van der Waals surface area contributed by atoms with Crippen LogP contribution in [-0.2, 0) is 6.18 Å². The highest BCUT2D eigenvalue weighted by Gasteiger charge is 2.30. The fourth-order valence-electron chi connectivity index (χ4n) is 3.29. The van der Waals surface area contributed by atoms with Crippen LogP contribution in [0.15, 0.2) is 48.0 Å². The third-order valence-electron chi connectivity index (χ3n) is 4.80. The summed E-state index contributed by atoms with van der Waals surface area (Å²) in [6.07, 6.45) is -2.17. The van der Waals surface area contributed by atoms with Gasteiger partial charge < -0.3 is 4.90 Å². The maximum Gasteiger partial charge on any atom is 0.416 e. The van der Waals surface area contributed by atoms with E-state index in [9.17, 15) is 18.4 Å². The van der Waals surface area contributed by atoms with Gasteiger partial charge in [-0.15, -0.1) is 0 Å². The van der Waals surface area contributed by atoms with Crippen molar-refractivity contribution in [2.75, 3.05) is 19.0 Å². The molecule has 0 saturated carbocycles. The molecule has 0 N–H and O–H groups in total. The lowest BCUT2D eigenvalue weighted by Crippen LogP contribution is -2.08. The number of alkyl halides is 3. The van der Waals surface area contributed by atoms with Gasteiger partial charge in [-0.05, 0) is 70.7 Å². The number of benzene rings is 2. The van der Waals surface area contributed by atoms with Crippen LogP contribution in [0.25, 0.3) is 17.2 Å². The molecule has 3 rings (SSSR count). The van der Waals surface area contributed by atoms with E-state index in [4.69, 9.17) is 0 Å². The van der Waals surface area contributed by atoms with Gasteiger partial charge in [0.05, 0.1) is 18.1 Å². The Balaban J connectivity index is 2.09. The van der Waals surface area contributed by atoms with Crippen LogP contribution in [0, 0.1) is 11.3 Å². The van der Waals surface area contributed by atoms with Crippen LogP contribution in [-0.4, -0.2) is 14.1 Å². The predicted molar refractivity (Wildman–Crippen MR) is 103 cm³/mol. The Morgan fingerprint density at radius 3 is 2.26 bits per heavy atom. The van der Waals surface area contributed by atoms with Crippen molar-refractivity contribution in [3.05, 3.63) is 70.3 Å². The number of allylic oxidation sites excluding steroid dienone is 3. The molecule has 0 saturated heterocycles. The van der Waals surface area contributed by atoms with Crippen LogP contribution < -0.4 is 4.90 Å². The summed E-state index contributed by atoms with van der Waals surface area (Å²) in [5.74, 6) is 0. The Kier molecular flexibility index (Phi) is 4.84. The summed E-state index contributed by atoms with van der Waals surface area (Å²) in [5, 5.41) is 9.21. The van der Waals surface area contributed by atoms with Crippen LogP contribution in [0.5, 0.6) is 0 Å². The minimum atomic E-state index is -4.34. The van der Waals surface area contributed by atoms with Gasteiger partial charge in [-0.25, -0.2) is 0 Å². The van der Waals surface area contributed by atoms with Gasteiger partial charge in [0, 0.05) is 19.8 Å². The molecule has 0 spiro atoms. The molecule has 0 bridgehead atoms. The molecule has 1 aliphatic rings. The second kappa shape index (κ2) is 6.96. The van der Waals surface area contributed by atoms with Gasteiger partial charge in [0.1, 0.15) is 0 Å². The first-order chi connectivity index (χ1) is 12.7. The highest BCUT2D eigenvalue weighted by atomic mass is 19.4.